The van der Waals surface area contributed by atoms with Crippen LogP contribution in [0.1, 0.15) is 31.0 Å². The van der Waals surface area contributed by atoms with Gasteiger partial charge in [0.05, 0.1) is 17.2 Å². The van der Waals surface area contributed by atoms with E-state index in [0.29, 0.717) is 42.3 Å². The Balaban J connectivity index is 1.72. The molecule has 0 spiro atoms. The summed E-state index contributed by atoms with van der Waals surface area (Å²) in [5.41, 5.74) is 3.04. The van der Waals surface area contributed by atoms with E-state index in [9.17, 15) is 23.1 Å². The molecule has 1 aliphatic rings. The summed E-state index contributed by atoms with van der Waals surface area (Å²) in [4.78, 5) is 12.9. The highest BCUT2D eigenvalue weighted by molar-refractivity contribution is 7.80. The molecule has 0 aliphatic carbocycles. The van der Waals surface area contributed by atoms with E-state index in [0.717, 1.165) is 12.1 Å². The minimum atomic E-state index is -4.45. The number of aromatic nitrogens is 2. The maximum absolute atomic E-state index is 12.8. The first-order chi connectivity index (χ1) is 15.0. The number of nitrogens with zero attached hydrogens (tertiary/aromatic N) is 4. The molecule has 32 heavy (non-hydrogen) atoms. The SMILES string of the molecule is C/C(=N/NC(=S)N1CCC(C(=O)O)CC1)c1nn(C)c(-c2ccc(C(F)(F)F)cc2)c1O. The number of hydrogen-bond acceptors (Lipinski definition) is 5. The Hall–Kier alpha value is -3.15. The second-order valence-electron chi connectivity index (χ2n) is 7.46. The molecule has 2 aromatic rings. The lowest BCUT2D eigenvalue weighted by molar-refractivity contribution is -0.143. The lowest BCUT2D eigenvalue weighted by Crippen LogP contribution is -2.44. The van der Waals surface area contributed by atoms with Gasteiger partial charge >= 0.3 is 12.1 Å². The Morgan fingerprint density at radius 1 is 1.25 bits per heavy atom. The number of likely N-dealkylation sites (tertiary alicyclic amines) is 1. The predicted octanol–water partition coefficient (Wildman–Crippen LogP) is 3.21. The van der Waals surface area contributed by atoms with Crippen molar-refractivity contribution in [3.63, 3.8) is 0 Å². The number of thiocarbonyl (C=S) groups is 1. The number of halogens is 3. The van der Waals surface area contributed by atoms with Crippen LogP contribution in [-0.4, -0.2) is 54.8 Å². The number of hydrazone groups is 1. The second-order valence-corrected chi connectivity index (χ2v) is 7.84. The highest BCUT2D eigenvalue weighted by Gasteiger charge is 2.30. The molecular weight excluding hydrogens is 447 g/mol. The molecule has 1 fully saturated rings. The first-order valence-electron chi connectivity index (χ1n) is 9.75. The summed E-state index contributed by atoms with van der Waals surface area (Å²) in [6.45, 7) is 2.58. The second kappa shape index (κ2) is 9.15. The van der Waals surface area contributed by atoms with Gasteiger partial charge < -0.3 is 15.1 Å². The Morgan fingerprint density at radius 3 is 2.38 bits per heavy atom. The smallest absolute Gasteiger partial charge is 0.416 e. The van der Waals surface area contributed by atoms with E-state index in [1.807, 2.05) is 4.90 Å². The average Bonchev–Trinajstić information content (AvgIpc) is 3.05. The summed E-state index contributed by atoms with van der Waals surface area (Å²) in [5.74, 6) is -1.41. The van der Waals surface area contributed by atoms with Crippen molar-refractivity contribution in [2.75, 3.05) is 13.1 Å². The lowest BCUT2D eigenvalue weighted by Gasteiger charge is -2.31. The Morgan fingerprint density at radius 2 is 1.84 bits per heavy atom. The third-order valence-electron chi connectivity index (χ3n) is 5.30. The molecule has 1 aliphatic heterocycles. The number of carboxylic acid groups (broad SMARTS) is 1. The fourth-order valence-electron chi connectivity index (χ4n) is 3.48. The summed E-state index contributed by atoms with van der Waals surface area (Å²) in [5, 5.41) is 28.4. The topological polar surface area (TPSA) is 103 Å². The molecule has 3 N–H and O–H groups in total. The zero-order valence-corrected chi connectivity index (χ0v) is 18.2. The van der Waals surface area contributed by atoms with Gasteiger partial charge in [0.2, 0.25) is 0 Å². The van der Waals surface area contributed by atoms with E-state index in [-0.39, 0.29) is 23.1 Å². The maximum Gasteiger partial charge on any atom is 0.416 e. The number of piperidine rings is 1. The van der Waals surface area contributed by atoms with Gasteiger partial charge in [-0.05, 0) is 44.1 Å². The fraction of sp³-hybridized carbons (Fsp3) is 0.400. The highest BCUT2D eigenvalue weighted by Crippen LogP contribution is 2.35. The number of hydrogen-bond donors (Lipinski definition) is 3. The third-order valence-corrected chi connectivity index (χ3v) is 5.65. The third kappa shape index (κ3) is 5.01. The molecule has 172 valence electrons. The van der Waals surface area contributed by atoms with E-state index in [2.05, 4.69) is 15.6 Å². The van der Waals surface area contributed by atoms with Crippen LogP contribution in [0.15, 0.2) is 29.4 Å². The van der Waals surface area contributed by atoms with Gasteiger partial charge in [0.15, 0.2) is 16.6 Å². The van der Waals surface area contributed by atoms with Crippen molar-refractivity contribution in [3.8, 4) is 17.0 Å². The monoisotopic (exact) mass is 469 g/mol. The molecule has 0 unspecified atom stereocenters. The van der Waals surface area contributed by atoms with Crippen LogP contribution in [0.25, 0.3) is 11.3 Å². The molecule has 0 atom stereocenters. The van der Waals surface area contributed by atoms with E-state index in [1.54, 1.807) is 14.0 Å². The van der Waals surface area contributed by atoms with Gasteiger partial charge in [-0.3, -0.25) is 14.9 Å². The number of carboxylic acids is 1. The van der Waals surface area contributed by atoms with Gasteiger partial charge in [0, 0.05) is 25.7 Å². The van der Waals surface area contributed by atoms with Crippen molar-refractivity contribution >= 4 is 29.0 Å². The lowest BCUT2D eigenvalue weighted by atomic mass is 9.97. The van der Waals surface area contributed by atoms with Crippen molar-refractivity contribution in [3.05, 3.63) is 35.5 Å². The molecule has 3 rings (SSSR count). The maximum atomic E-state index is 12.8. The van der Waals surface area contributed by atoms with Gasteiger partial charge in [-0.2, -0.15) is 23.4 Å². The van der Waals surface area contributed by atoms with Crippen molar-refractivity contribution in [2.24, 2.45) is 18.1 Å². The van der Waals surface area contributed by atoms with Crippen LogP contribution in [-0.2, 0) is 18.0 Å². The molecule has 1 aromatic carbocycles. The zero-order valence-electron chi connectivity index (χ0n) is 17.3. The van der Waals surface area contributed by atoms with Gasteiger partial charge in [0.25, 0.3) is 0 Å². The molecule has 0 saturated carbocycles. The number of alkyl halides is 3. The van der Waals surface area contributed by atoms with Crippen LogP contribution in [0.3, 0.4) is 0 Å². The number of rotatable bonds is 4. The van der Waals surface area contributed by atoms with Crippen LogP contribution in [0.5, 0.6) is 5.75 Å². The number of benzene rings is 1. The number of nitrogens with one attached hydrogen (secondary N) is 1. The van der Waals surface area contributed by atoms with Crippen molar-refractivity contribution in [1.29, 1.82) is 0 Å². The number of carbonyl (C=O) groups is 1. The number of aromatic hydroxyl groups is 1. The first-order valence-corrected chi connectivity index (χ1v) is 10.2. The van der Waals surface area contributed by atoms with Crippen LogP contribution < -0.4 is 5.43 Å². The Kier molecular flexibility index (Phi) is 6.72. The highest BCUT2D eigenvalue weighted by atomic mass is 32.1. The summed E-state index contributed by atoms with van der Waals surface area (Å²) < 4.78 is 39.8. The molecule has 8 nitrogen and oxygen atoms in total. The Bertz CT molecular complexity index is 1040. The van der Waals surface area contributed by atoms with E-state index in [4.69, 9.17) is 17.3 Å². The quantitative estimate of drug-likeness (QED) is 0.359. The molecule has 0 bridgehead atoms. The molecular formula is C20H22F3N5O3S. The minimum absolute atomic E-state index is 0.155. The molecule has 0 radical (unpaired) electrons. The summed E-state index contributed by atoms with van der Waals surface area (Å²) in [6.07, 6.45) is -3.48. The normalized spacial score (nSPS) is 15.7. The van der Waals surface area contributed by atoms with Crippen LogP contribution in [0, 0.1) is 5.92 Å². The molecule has 1 aromatic heterocycles. The van der Waals surface area contributed by atoms with Crippen LogP contribution in [0.4, 0.5) is 13.2 Å². The number of aliphatic carboxylic acids is 1. The predicted molar refractivity (Wildman–Crippen MR) is 115 cm³/mol. The molecule has 12 heteroatoms. The van der Waals surface area contributed by atoms with Crippen molar-refractivity contribution in [2.45, 2.75) is 25.9 Å². The largest absolute Gasteiger partial charge is 0.504 e. The first kappa shape index (κ1) is 23.5. The summed E-state index contributed by atoms with van der Waals surface area (Å²) in [6, 6.07) is 4.42. The summed E-state index contributed by atoms with van der Waals surface area (Å²) >= 11 is 5.31. The van der Waals surface area contributed by atoms with Gasteiger partial charge in [-0.1, -0.05) is 12.1 Å². The van der Waals surface area contributed by atoms with Crippen LogP contribution >= 0.6 is 12.2 Å². The van der Waals surface area contributed by atoms with E-state index >= 15 is 0 Å². The van der Waals surface area contributed by atoms with Crippen molar-refractivity contribution in [1.82, 2.24) is 20.1 Å². The van der Waals surface area contributed by atoms with Gasteiger partial charge in [-0.25, -0.2) is 0 Å². The molecule has 0 amide bonds. The van der Waals surface area contributed by atoms with Crippen molar-refractivity contribution < 1.29 is 28.2 Å². The fourth-order valence-corrected chi connectivity index (χ4v) is 3.71. The van der Waals surface area contributed by atoms with Crippen LogP contribution in [0.2, 0.25) is 0 Å². The van der Waals surface area contributed by atoms with E-state index < -0.39 is 17.7 Å². The molecule has 1 saturated heterocycles. The minimum Gasteiger partial charge on any atom is -0.504 e. The average molecular weight is 469 g/mol. The zero-order chi connectivity index (χ0) is 23.6. The number of aryl methyl sites for hydroxylation is 1. The molecule has 2 heterocycles. The summed E-state index contributed by atoms with van der Waals surface area (Å²) in [7, 11) is 1.56. The van der Waals surface area contributed by atoms with Gasteiger partial charge in [-0.15, -0.1) is 0 Å². The van der Waals surface area contributed by atoms with E-state index in [1.165, 1.54) is 16.8 Å². The Labute approximate surface area is 187 Å². The van der Waals surface area contributed by atoms with Gasteiger partial charge in [0.1, 0.15) is 5.69 Å². The standard InChI is InChI=1S/C20H22F3N5O3S/c1-11(24-25-19(32)28-9-7-13(8-10-28)18(30)31)15-17(29)16(27(2)26-15)12-3-5-14(6-4-12)20(21,22)23/h3-6,13,29H,7-10H2,1-2H3,(H,25,32)(H,30,31)/b24-11-.